The van der Waals surface area contributed by atoms with E-state index in [2.05, 4.69) is 51.8 Å². The third-order valence-corrected chi connectivity index (χ3v) is 4.44. The van der Waals surface area contributed by atoms with Crippen molar-refractivity contribution in [2.24, 2.45) is 11.8 Å². The van der Waals surface area contributed by atoms with E-state index < -0.39 is 0 Å². The molecule has 3 atom stereocenters. The Labute approximate surface area is 102 Å². The zero-order chi connectivity index (χ0) is 12.3. The first-order valence-electron chi connectivity index (χ1n) is 6.87. The lowest BCUT2D eigenvalue weighted by atomic mass is 9.91. The standard InChI is InChI=1S/C14H30N2/c1-7-14(6)10-16(13(5)8-15-14)9-12(4)11(2)3/h11-13,15H,7-10H2,1-6H3. The summed E-state index contributed by atoms with van der Waals surface area (Å²) in [5.41, 5.74) is 0.323. The minimum Gasteiger partial charge on any atom is -0.309 e. The van der Waals surface area contributed by atoms with Crippen LogP contribution < -0.4 is 5.32 Å². The molecule has 3 unspecified atom stereocenters. The average molecular weight is 226 g/mol. The predicted molar refractivity (Wildman–Crippen MR) is 71.7 cm³/mol. The average Bonchev–Trinajstić information content (AvgIpc) is 2.23. The lowest BCUT2D eigenvalue weighted by Crippen LogP contribution is -2.62. The molecule has 1 heterocycles. The third-order valence-electron chi connectivity index (χ3n) is 4.44. The van der Waals surface area contributed by atoms with Crippen molar-refractivity contribution in [3.63, 3.8) is 0 Å². The summed E-state index contributed by atoms with van der Waals surface area (Å²) in [5, 5.41) is 3.69. The summed E-state index contributed by atoms with van der Waals surface area (Å²) in [5.74, 6) is 1.58. The van der Waals surface area contributed by atoms with Crippen molar-refractivity contribution in [3.05, 3.63) is 0 Å². The van der Waals surface area contributed by atoms with Crippen LogP contribution in [0, 0.1) is 11.8 Å². The lowest BCUT2D eigenvalue weighted by Gasteiger charge is -2.46. The van der Waals surface area contributed by atoms with Gasteiger partial charge in [0.2, 0.25) is 0 Å². The van der Waals surface area contributed by atoms with Gasteiger partial charge < -0.3 is 5.32 Å². The van der Waals surface area contributed by atoms with E-state index in [1.165, 1.54) is 19.5 Å². The minimum absolute atomic E-state index is 0.323. The molecule has 0 radical (unpaired) electrons. The van der Waals surface area contributed by atoms with E-state index in [1.807, 2.05) is 0 Å². The van der Waals surface area contributed by atoms with Crippen molar-refractivity contribution in [3.8, 4) is 0 Å². The number of hydrogen-bond acceptors (Lipinski definition) is 2. The third kappa shape index (κ3) is 3.46. The van der Waals surface area contributed by atoms with Crippen molar-refractivity contribution in [1.82, 2.24) is 10.2 Å². The van der Waals surface area contributed by atoms with Crippen molar-refractivity contribution < 1.29 is 0 Å². The Balaban J connectivity index is 2.56. The molecule has 16 heavy (non-hydrogen) atoms. The molecule has 0 aromatic heterocycles. The monoisotopic (exact) mass is 226 g/mol. The van der Waals surface area contributed by atoms with Crippen LogP contribution in [-0.4, -0.2) is 36.1 Å². The molecule has 0 spiro atoms. The molecular formula is C14H30N2. The van der Waals surface area contributed by atoms with E-state index in [0.717, 1.165) is 18.4 Å². The molecule has 2 heteroatoms. The Morgan fingerprint density at radius 3 is 2.50 bits per heavy atom. The van der Waals surface area contributed by atoms with Gasteiger partial charge in [0, 0.05) is 31.2 Å². The highest BCUT2D eigenvalue weighted by molar-refractivity contribution is 4.93. The van der Waals surface area contributed by atoms with Gasteiger partial charge in [0.15, 0.2) is 0 Å². The van der Waals surface area contributed by atoms with E-state index in [9.17, 15) is 0 Å². The van der Waals surface area contributed by atoms with Gasteiger partial charge in [-0.2, -0.15) is 0 Å². The number of nitrogens with one attached hydrogen (secondary N) is 1. The molecule has 0 aliphatic carbocycles. The van der Waals surface area contributed by atoms with E-state index in [4.69, 9.17) is 0 Å². The van der Waals surface area contributed by atoms with Crippen LogP contribution in [0.4, 0.5) is 0 Å². The molecule has 1 aliphatic heterocycles. The number of hydrogen-bond donors (Lipinski definition) is 1. The molecule has 2 nitrogen and oxygen atoms in total. The van der Waals surface area contributed by atoms with E-state index in [-0.39, 0.29) is 0 Å². The molecule has 0 bridgehead atoms. The number of nitrogens with zero attached hydrogens (tertiary/aromatic N) is 1. The minimum atomic E-state index is 0.323. The smallest absolute Gasteiger partial charge is 0.0278 e. The summed E-state index contributed by atoms with van der Waals surface area (Å²) in [4.78, 5) is 2.67. The fraction of sp³-hybridized carbons (Fsp3) is 1.00. The number of piperazine rings is 1. The maximum atomic E-state index is 3.69. The quantitative estimate of drug-likeness (QED) is 0.793. The van der Waals surface area contributed by atoms with Gasteiger partial charge in [0.05, 0.1) is 0 Å². The van der Waals surface area contributed by atoms with Crippen molar-refractivity contribution >= 4 is 0 Å². The zero-order valence-corrected chi connectivity index (χ0v) is 12.0. The van der Waals surface area contributed by atoms with E-state index in [0.29, 0.717) is 11.6 Å². The second-order valence-electron chi connectivity index (χ2n) is 6.29. The second-order valence-corrected chi connectivity index (χ2v) is 6.29. The highest BCUT2D eigenvalue weighted by Crippen LogP contribution is 2.21. The Hall–Kier alpha value is -0.0800. The zero-order valence-electron chi connectivity index (χ0n) is 12.0. The molecule has 0 aromatic rings. The van der Waals surface area contributed by atoms with Crippen LogP contribution in [0.5, 0.6) is 0 Å². The molecule has 0 saturated carbocycles. The first kappa shape index (κ1) is 14.0. The SMILES string of the molecule is CCC1(C)CN(CC(C)C(C)C)C(C)CN1. The maximum Gasteiger partial charge on any atom is 0.0278 e. The normalized spacial score (nSPS) is 34.3. The fourth-order valence-electron chi connectivity index (χ4n) is 2.25. The van der Waals surface area contributed by atoms with Crippen LogP contribution in [0.15, 0.2) is 0 Å². The van der Waals surface area contributed by atoms with Crippen LogP contribution in [0.25, 0.3) is 0 Å². The first-order valence-corrected chi connectivity index (χ1v) is 6.87. The van der Waals surface area contributed by atoms with Gasteiger partial charge in [-0.05, 0) is 32.1 Å². The van der Waals surface area contributed by atoms with Crippen molar-refractivity contribution in [2.75, 3.05) is 19.6 Å². The van der Waals surface area contributed by atoms with Crippen molar-refractivity contribution in [2.45, 2.75) is 59.5 Å². The lowest BCUT2D eigenvalue weighted by molar-refractivity contribution is 0.0732. The second kappa shape index (κ2) is 5.50. The van der Waals surface area contributed by atoms with Crippen LogP contribution in [0.2, 0.25) is 0 Å². The maximum absolute atomic E-state index is 3.69. The number of rotatable bonds is 4. The van der Waals surface area contributed by atoms with Gasteiger partial charge in [0.1, 0.15) is 0 Å². The van der Waals surface area contributed by atoms with Gasteiger partial charge >= 0.3 is 0 Å². The largest absolute Gasteiger partial charge is 0.309 e. The van der Waals surface area contributed by atoms with Gasteiger partial charge in [-0.1, -0.05) is 27.7 Å². The Morgan fingerprint density at radius 2 is 2.00 bits per heavy atom. The summed E-state index contributed by atoms with van der Waals surface area (Å²) in [6.45, 7) is 17.6. The summed E-state index contributed by atoms with van der Waals surface area (Å²) in [7, 11) is 0. The molecule has 1 fully saturated rings. The van der Waals surface area contributed by atoms with Gasteiger partial charge in [-0.3, -0.25) is 4.90 Å². The van der Waals surface area contributed by atoms with Gasteiger partial charge in [-0.25, -0.2) is 0 Å². The van der Waals surface area contributed by atoms with Crippen LogP contribution in [-0.2, 0) is 0 Å². The summed E-state index contributed by atoms with van der Waals surface area (Å²) in [6, 6.07) is 0.681. The molecule has 1 N–H and O–H groups in total. The summed E-state index contributed by atoms with van der Waals surface area (Å²) >= 11 is 0. The summed E-state index contributed by atoms with van der Waals surface area (Å²) in [6.07, 6.45) is 1.21. The fourth-order valence-corrected chi connectivity index (χ4v) is 2.25. The topological polar surface area (TPSA) is 15.3 Å². The highest BCUT2D eigenvalue weighted by atomic mass is 15.2. The molecule has 0 amide bonds. The Bertz CT molecular complexity index is 215. The van der Waals surface area contributed by atoms with Gasteiger partial charge in [-0.15, -0.1) is 0 Å². The molecule has 1 aliphatic rings. The summed E-state index contributed by atoms with van der Waals surface area (Å²) < 4.78 is 0. The Morgan fingerprint density at radius 1 is 1.38 bits per heavy atom. The molecule has 1 saturated heterocycles. The molecular weight excluding hydrogens is 196 g/mol. The van der Waals surface area contributed by atoms with Crippen LogP contribution >= 0.6 is 0 Å². The molecule has 1 rings (SSSR count). The Kier molecular flexibility index (Phi) is 4.81. The molecule has 96 valence electrons. The van der Waals surface area contributed by atoms with Crippen LogP contribution in [0.3, 0.4) is 0 Å². The van der Waals surface area contributed by atoms with E-state index in [1.54, 1.807) is 0 Å². The first-order chi connectivity index (χ1) is 7.38. The van der Waals surface area contributed by atoms with Crippen LogP contribution in [0.1, 0.15) is 48.0 Å². The van der Waals surface area contributed by atoms with E-state index >= 15 is 0 Å². The predicted octanol–water partition coefficient (Wildman–Crippen LogP) is 2.74. The molecule has 0 aromatic carbocycles. The van der Waals surface area contributed by atoms with Gasteiger partial charge in [0.25, 0.3) is 0 Å². The highest BCUT2D eigenvalue weighted by Gasteiger charge is 2.33. The van der Waals surface area contributed by atoms with Crippen molar-refractivity contribution in [1.29, 1.82) is 0 Å².